The number of ether oxygens (including phenoxy) is 2. The number of benzene rings is 1. The molecule has 5 nitrogen and oxygen atoms in total. The third-order valence-electron chi connectivity index (χ3n) is 9.17. The van der Waals surface area contributed by atoms with Gasteiger partial charge in [0.1, 0.15) is 0 Å². The maximum Gasteiger partial charge on any atom is 0.214 e. The molecule has 51 heavy (non-hydrogen) atoms. The van der Waals surface area contributed by atoms with Crippen molar-refractivity contribution in [3.05, 3.63) is 35.4 Å². The average Bonchev–Trinajstić information content (AvgIpc) is 3.91. The maximum absolute atomic E-state index is 11.1. The van der Waals surface area contributed by atoms with Gasteiger partial charge < -0.3 is 9.47 Å². The van der Waals surface area contributed by atoms with Gasteiger partial charge in [-0.2, -0.15) is 0 Å². The summed E-state index contributed by atoms with van der Waals surface area (Å²) in [5, 5.41) is -0.0881. The van der Waals surface area contributed by atoms with Crippen LogP contribution in [0.3, 0.4) is 0 Å². The zero-order valence-corrected chi connectivity index (χ0v) is 39.1. The van der Waals surface area contributed by atoms with Crippen molar-refractivity contribution in [3.63, 3.8) is 0 Å². The van der Waals surface area contributed by atoms with Gasteiger partial charge in [-0.25, -0.2) is 13.1 Å². The lowest BCUT2D eigenvalue weighted by Crippen LogP contribution is -2.32. The molecule has 0 saturated heterocycles. The molecular formula is C45H91NO4S. The van der Waals surface area contributed by atoms with Crippen molar-refractivity contribution in [1.82, 2.24) is 4.72 Å². The SMILES string of the molecule is CC.CC(C)(C)C(C)(C)C.CC(C)NS(=O)(=O)C1CC1.CC(C)OCC1(COC(C)(C)C)CC1.CC(C)c1cccc(C(C)C)c1.CCC(C)C. The van der Waals surface area contributed by atoms with Crippen molar-refractivity contribution in [2.45, 2.75) is 219 Å². The fourth-order valence-corrected chi connectivity index (χ4v) is 4.91. The molecule has 0 spiro atoms. The van der Waals surface area contributed by atoms with Crippen molar-refractivity contribution in [2.75, 3.05) is 13.2 Å². The lowest BCUT2D eigenvalue weighted by Gasteiger charge is -2.34. The number of rotatable bonds is 11. The molecule has 0 bridgehead atoms. The van der Waals surface area contributed by atoms with E-state index in [2.05, 4.69) is 154 Å². The van der Waals surface area contributed by atoms with E-state index >= 15 is 0 Å². The second kappa shape index (κ2) is 25.2. The summed E-state index contributed by atoms with van der Waals surface area (Å²) < 4.78 is 36.2. The highest BCUT2D eigenvalue weighted by molar-refractivity contribution is 7.90. The van der Waals surface area contributed by atoms with E-state index in [9.17, 15) is 8.42 Å². The molecule has 3 rings (SSSR count). The van der Waals surface area contributed by atoms with E-state index in [4.69, 9.17) is 9.47 Å². The summed E-state index contributed by atoms with van der Waals surface area (Å²) in [6, 6.07) is 8.91. The third kappa shape index (κ3) is 30.1. The molecule has 2 saturated carbocycles. The van der Waals surface area contributed by atoms with Gasteiger partial charge in [-0.3, -0.25) is 0 Å². The second-order valence-corrected chi connectivity index (χ2v) is 21.1. The van der Waals surface area contributed by atoms with Gasteiger partial charge in [0.2, 0.25) is 10.0 Å². The van der Waals surface area contributed by atoms with Gasteiger partial charge in [0.15, 0.2) is 0 Å². The molecule has 0 atom stereocenters. The highest BCUT2D eigenvalue weighted by atomic mass is 32.2. The number of sulfonamides is 1. The van der Waals surface area contributed by atoms with Gasteiger partial charge >= 0.3 is 0 Å². The molecular weight excluding hydrogens is 651 g/mol. The lowest BCUT2D eigenvalue weighted by atomic mass is 9.71. The minimum Gasteiger partial charge on any atom is -0.378 e. The average molecular weight is 742 g/mol. The van der Waals surface area contributed by atoms with Crippen LogP contribution in [0.2, 0.25) is 0 Å². The molecule has 0 aromatic heterocycles. The Hall–Kier alpha value is -0.950. The highest BCUT2D eigenvalue weighted by Crippen LogP contribution is 2.46. The summed E-state index contributed by atoms with van der Waals surface area (Å²) in [6.45, 7) is 49.1. The van der Waals surface area contributed by atoms with E-state index in [-0.39, 0.29) is 16.9 Å². The van der Waals surface area contributed by atoms with E-state index in [0.29, 0.717) is 34.2 Å². The Labute approximate surface area is 321 Å². The maximum atomic E-state index is 11.1. The van der Waals surface area contributed by atoms with Crippen molar-refractivity contribution in [2.24, 2.45) is 22.2 Å². The Morgan fingerprint density at radius 2 is 1.14 bits per heavy atom. The molecule has 1 aromatic rings. The first-order chi connectivity index (χ1) is 23.0. The fraction of sp³-hybridized carbons (Fsp3) is 0.867. The molecule has 2 aliphatic carbocycles. The third-order valence-corrected chi connectivity index (χ3v) is 11.3. The largest absolute Gasteiger partial charge is 0.378 e. The molecule has 306 valence electrons. The predicted octanol–water partition coefficient (Wildman–Crippen LogP) is 13.6. The van der Waals surface area contributed by atoms with Crippen molar-refractivity contribution in [1.29, 1.82) is 0 Å². The van der Waals surface area contributed by atoms with E-state index in [0.717, 1.165) is 32.0 Å². The van der Waals surface area contributed by atoms with Crippen LogP contribution in [0.1, 0.15) is 207 Å². The molecule has 6 heteroatoms. The van der Waals surface area contributed by atoms with Crippen LogP contribution < -0.4 is 4.72 Å². The summed E-state index contributed by atoms with van der Waals surface area (Å²) in [5.41, 5.74) is 4.09. The van der Waals surface area contributed by atoms with Gasteiger partial charge in [-0.1, -0.05) is 135 Å². The van der Waals surface area contributed by atoms with Gasteiger partial charge in [0, 0.05) is 11.5 Å². The Balaban J connectivity index is -0.000000576. The van der Waals surface area contributed by atoms with Crippen LogP contribution in [0.4, 0.5) is 0 Å². The molecule has 0 amide bonds. The number of hydrogen-bond acceptors (Lipinski definition) is 4. The normalized spacial score (nSPS) is 15.4. The first-order valence-corrected chi connectivity index (χ1v) is 21.9. The first kappa shape index (κ1) is 54.4. The molecule has 1 N–H and O–H groups in total. The molecule has 2 fully saturated rings. The van der Waals surface area contributed by atoms with Crippen LogP contribution in [0, 0.1) is 22.2 Å². The van der Waals surface area contributed by atoms with Gasteiger partial charge in [-0.05, 0) is 114 Å². The molecule has 0 aliphatic heterocycles. The summed E-state index contributed by atoms with van der Waals surface area (Å²) in [7, 11) is -2.94. The van der Waals surface area contributed by atoms with Gasteiger partial charge in [0.05, 0.1) is 30.2 Å². The Morgan fingerprint density at radius 3 is 1.37 bits per heavy atom. The highest BCUT2D eigenvalue weighted by Gasteiger charge is 2.44. The van der Waals surface area contributed by atoms with Crippen LogP contribution in [-0.2, 0) is 19.5 Å². The first-order valence-electron chi connectivity index (χ1n) is 20.3. The smallest absolute Gasteiger partial charge is 0.214 e. The van der Waals surface area contributed by atoms with Crippen molar-refractivity contribution < 1.29 is 17.9 Å². The summed E-state index contributed by atoms with van der Waals surface area (Å²) in [5.74, 6) is 2.17. The molecule has 1 aromatic carbocycles. The van der Waals surface area contributed by atoms with Crippen molar-refractivity contribution in [3.8, 4) is 0 Å². The summed E-state index contributed by atoms with van der Waals surface area (Å²) in [6.07, 6.45) is 5.83. The molecule has 0 heterocycles. The van der Waals surface area contributed by atoms with Crippen molar-refractivity contribution >= 4 is 10.0 Å². The van der Waals surface area contributed by atoms with E-state index in [1.807, 2.05) is 27.7 Å². The van der Waals surface area contributed by atoms with Crippen LogP contribution in [0.25, 0.3) is 0 Å². The molecule has 0 unspecified atom stereocenters. The fourth-order valence-electron chi connectivity index (χ4n) is 3.30. The Kier molecular flexibility index (Phi) is 26.9. The zero-order valence-electron chi connectivity index (χ0n) is 38.3. The van der Waals surface area contributed by atoms with Gasteiger partial charge in [-0.15, -0.1) is 0 Å². The van der Waals surface area contributed by atoms with E-state index in [1.54, 1.807) is 0 Å². The summed E-state index contributed by atoms with van der Waals surface area (Å²) in [4.78, 5) is 0. The lowest BCUT2D eigenvalue weighted by molar-refractivity contribution is -0.0541. The Morgan fingerprint density at radius 1 is 0.745 bits per heavy atom. The minimum absolute atomic E-state index is 0.0204. The standard InChI is InChI=1S/C12H24O2.C12H18.C8H18.C6H13NO2S.C5H12.C2H6/c1-10(2)13-8-12(6-7-12)9-14-11(3,4)5;1-9(2)11-6-5-7-12(8-11)10(3)4;1-7(2,3)8(4,5)6;1-5(2)7-10(8,9)6-3-4-6;1-4-5(2)3;1-2/h10H,6-9H2,1-5H3;5-10H,1-4H3;1-6H3;5-7H,3-4H2,1-2H3;5H,4H2,1-3H3;1-2H3. The number of hydrogen-bond donors (Lipinski definition) is 1. The molecule has 0 radical (unpaired) electrons. The minimum atomic E-state index is -2.94. The van der Waals surface area contributed by atoms with Crippen LogP contribution >= 0.6 is 0 Å². The topological polar surface area (TPSA) is 64.6 Å². The van der Waals surface area contributed by atoms with Crippen LogP contribution in [0.15, 0.2) is 24.3 Å². The van der Waals surface area contributed by atoms with Crippen LogP contribution in [-0.4, -0.2) is 44.6 Å². The second-order valence-electron chi connectivity index (χ2n) is 19.1. The Bertz CT molecular complexity index is 1060. The predicted molar refractivity (Wildman–Crippen MR) is 229 cm³/mol. The molecule has 2 aliphatic rings. The number of nitrogens with one attached hydrogen (secondary N) is 1. The van der Waals surface area contributed by atoms with E-state index < -0.39 is 10.0 Å². The monoisotopic (exact) mass is 742 g/mol. The van der Waals surface area contributed by atoms with E-state index in [1.165, 1.54) is 30.4 Å². The zero-order chi connectivity index (χ0) is 41.0. The summed E-state index contributed by atoms with van der Waals surface area (Å²) >= 11 is 0. The van der Waals surface area contributed by atoms with Gasteiger partial charge in [0.25, 0.3) is 0 Å². The van der Waals surface area contributed by atoms with Crippen LogP contribution in [0.5, 0.6) is 0 Å². The quantitative estimate of drug-likeness (QED) is 0.245.